The molecule has 0 unspecified atom stereocenters. The Hall–Kier alpha value is -2.92. The first-order chi connectivity index (χ1) is 20.7. The van der Waals surface area contributed by atoms with E-state index >= 15 is 0 Å². The molecule has 0 heterocycles. The molecule has 3 aromatic carbocycles. The van der Waals surface area contributed by atoms with Crippen molar-refractivity contribution >= 4 is 62.5 Å². The lowest BCUT2D eigenvalue weighted by Gasteiger charge is -2.35. The Morgan fingerprint density at radius 2 is 1.64 bits per heavy atom. The van der Waals surface area contributed by atoms with Crippen LogP contribution in [0.25, 0.3) is 0 Å². The smallest absolute Gasteiger partial charge is 0.264 e. The third-order valence-corrected chi connectivity index (χ3v) is 9.84. The molecule has 1 N–H and O–H groups in total. The highest BCUT2D eigenvalue weighted by molar-refractivity contribution is 7.98. The van der Waals surface area contributed by atoms with E-state index in [1.54, 1.807) is 68.4 Å². The van der Waals surface area contributed by atoms with Gasteiger partial charge in [-0.2, -0.15) is 0 Å². The number of sulfonamides is 1. The molecule has 0 saturated heterocycles. The largest absolute Gasteiger partial charge is 0.492 e. The molecule has 1 atom stereocenters. The number of nitrogens with zero attached hydrogens (tertiary/aromatic N) is 2. The number of carbonyl (C=O) groups excluding carboxylic acids is 2. The first-order valence-electron chi connectivity index (χ1n) is 14.2. The summed E-state index contributed by atoms with van der Waals surface area (Å²) in [5.74, 6) is -0.631. The van der Waals surface area contributed by atoms with Crippen LogP contribution >= 0.6 is 35.0 Å². The summed E-state index contributed by atoms with van der Waals surface area (Å²) < 4.78 is 35.3. The average Bonchev–Trinajstić information content (AvgIpc) is 2.97. The number of carbonyl (C=O) groups is 2. The van der Waals surface area contributed by atoms with Crippen molar-refractivity contribution in [2.24, 2.45) is 0 Å². The van der Waals surface area contributed by atoms with Gasteiger partial charge in [0, 0.05) is 17.0 Å². The Morgan fingerprint density at radius 3 is 2.20 bits per heavy atom. The fourth-order valence-electron chi connectivity index (χ4n) is 4.54. The Labute approximate surface area is 275 Å². The first kappa shape index (κ1) is 35.6. The van der Waals surface area contributed by atoms with Gasteiger partial charge in [-0.1, -0.05) is 48.3 Å². The fourth-order valence-corrected chi connectivity index (χ4v) is 6.69. The molecule has 3 aromatic rings. The molecule has 8 nitrogen and oxygen atoms in total. The van der Waals surface area contributed by atoms with Gasteiger partial charge in [0.1, 0.15) is 18.3 Å². The van der Waals surface area contributed by atoms with E-state index < -0.39 is 34.1 Å². The molecule has 0 fully saturated rings. The zero-order chi connectivity index (χ0) is 32.7. The third-order valence-electron chi connectivity index (χ3n) is 6.58. The summed E-state index contributed by atoms with van der Waals surface area (Å²) in [6.07, 6.45) is 2.18. The first-order valence-corrected chi connectivity index (χ1v) is 17.6. The minimum absolute atomic E-state index is 0.00476. The van der Waals surface area contributed by atoms with Crippen molar-refractivity contribution in [1.82, 2.24) is 10.2 Å². The molecule has 0 spiro atoms. The van der Waals surface area contributed by atoms with E-state index in [-0.39, 0.29) is 36.1 Å². The van der Waals surface area contributed by atoms with Crippen LogP contribution in [0.5, 0.6) is 5.75 Å². The third kappa shape index (κ3) is 9.06. The van der Waals surface area contributed by atoms with Crippen LogP contribution in [0.1, 0.15) is 46.6 Å². The standard InChI is InChI=1S/C32H39Cl2N3O5S2/c1-7-27(31(39)35-32(3,4)5)36(20-22-13-18-25(33)26(34)19-22)30(38)21-37(28-11-9-10-12-29(28)42-8-2)44(40,41)24-16-14-23(43-6)15-17-24/h9-19,27H,7-8,20-21H2,1-6H3,(H,35,39)/t27-/m0/s1. The van der Waals surface area contributed by atoms with Crippen molar-refractivity contribution in [2.45, 2.75) is 69.0 Å². The van der Waals surface area contributed by atoms with Gasteiger partial charge >= 0.3 is 0 Å². The van der Waals surface area contributed by atoms with Gasteiger partial charge in [-0.05, 0) is 94.5 Å². The minimum atomic E-state index is -4.26. The maximum absolute atomic E-state index is 14.3. The molecule has 2 amide bonds. The highest BCUT2D eigenvalue weighted by atomic mass is 35.5. The summed E-state index contributed by atoms with van der Waals surface area (Å²) in [5.41, 5.74) is 0.280. The summed E-state index contributed by atoms with van der Waals surface area (Å²) >= 11 is 13.9. The number of anilines is 1. The molecular weight excluding hydrogens is 641 g/mol. The van der Waals surface area contributed by atoms with Gasteiger partial charge in [0.25, 0.3) is 10.0 Å². The quantitative estimate of drug-likeness (QED) is 0.195. The molecule has 0 aliphatic heterocycles. The zero-order valence-electron chi connectivity index (χ0n) is 25.8. The summed E-state index contributed by atoms with van der Waals surface area (Å²) in [6, 6.07) is 17.2. The van der Waals surface area contributed by atoms with Crippen molar-refractivity contribution in [3.05, 3.63) is 82.3 Å². The highest BCUT2D eigenvalue weighted by Crippen LogP contribution is 2.33. The second-order valence-corrected chi connectivity index (χ2v) is 14.6. The molecular formula is C32H39Cl2N3O5S2. The summed E-state index contributed by atoms with van der Waals surface area (Å²) in [5, 5.41) is 3.60. The van der Waals surface area contributed by atoms with Crippen molar-refractivity contribution in [3.8, 4) is 5.75 Å². The molecule has 0 aromatic heterocycles. The number of halogens is 2. The predicted molar refractivity (Wildman–Crippen MR) is 179 cm³/mol. The van der Waals surface area contributed by atoms with E-state index in [0.29, 0.717) is 21.4 Å². The van der Waals surface area contributed by atoms with Crippen molar-refractivity contribution < 1.29 is 22.7 Å². The number of hydrogen-bond donors (Lipinski definition) is 1. The van der Waals surface area contributed by atoms with E-state index in [1.807, 2.05) is 27.0 Å². The van der Waals surface area contributed by atoms with Crippen LogP contribution in [0.2, 0.25) is 10.0 Å². The van der Waals surface area contributed by atoms with Crippen LogP contribution < -0.4 is 14.4 Å². The number of rotatable bonds is 13. The molecule has 44 heavy (non-hydrogen) atoms. The molecule has 0 aliphatic carbocycles. The lowest BCUT2D eigenvalue weighted by Crippen LogP contribution is -2.55. The Balaban J connectivity index is 2.14. The zero-order valence-corrected chi connectivity index (χ0v) is 28.9. The lowest BCUT2D eigenvalue weighted by atomic mass is 10.1. The van der Waals surface area contributed by atoms with Crippen molar-refractivity contribution in [1.29, 1.82) is 0 Å². The highest BCUT2D eigenvalue weighted by Gasteiger charge is 2.35. The SMILES string of the molecule is CCOc1ccccc1N(CC(=O)N(Cc1ccc(Cl)c(Cl)c1)[C@@H](CC)C(=O)NC(C)(C)C)S(=O)(=O)c1ccc(SC)cc1. The molecule has 12 heteroatoms. The maximum atomic E-state index is 14.3. The summed E-state index contributed by atoms with van der Waals surface area (Å²) in [7, 11) is -4.26. The number of para-hydroxylation sites is 2. The van der Waals surface area contributed by atoms with Gasteiger partial charge in [0.2, 0.25) is 11.8 Å². The summed E-state index contributed by atoms with van der Waals surface area (Å²) in [4.78, 5) is 30.2. The maximum Gasteiger partial charge on any atom is 0.264 e. The van der Waals surface area contributed by atoms with Gasteiger partial charge in [0.05, 0.1) is 27.2 Å². The number of amides is 2. The average molecular weight is 681 g/mol. The van der Waals surface area contributed by atoms with Crippen molar-refractivity contribution in [2.75, 3.05) is 23.7 Å². The van der Waals surface area contributed by atoms with Gasteiger partial charge in [-0.15, -0.1) is 11.8 Å². The second kappa shape index (κ2) is 15.4. The van der Waals surface area contributed by atoms with Gasteiger partial charge < -0.3 is 15.0 Å². The number of thioether (sulfide) groups is 1. The lowest BCUT2D eigenvalue weighted by molar-refractivity contribution is -0.141. The van der Waals surface area contributed by atoms with Gasteiger partial charge in [-0.3, -0.25) is 13.9 Å². The van der Waals surface area contributed by atoms with E-state index in [9.17, 15) is 18.0 Å². The van der Waals surface area contributed by atoms with Crippen LogP contribution in [0.15, 0.2) is 76.5 Å². The van der Waals surface area contributed by atoms with E-state index in [4.69, 9.17) is 27.9 Å². The molecule has 0 radical (unpaired) electrons. The van der Waals surface area contributed by atoms with Crippen LogP contribution in [0.3, 0.4) is 0 Å². The molecule has 3 rings (SSSR count). The number of benzene rings is 3. The van der Waals surface area contributed by atoms with E-state index in [0.717, 1.165) is 9.20 Å². The van der Waals surface area contributed by atoms with Crippen LogP contribution in [0, 0.1) is 0 Å². The number of nitrogens with one attached hydrogen (secondary N) is 1. The Kier molecular flexibility index (Phi) is 12.4. The minimum Gasteiger partial charge on any atom is -0.492 e. The van der Waals surface area contributed by atoms with E-state index in [1.165, 1.54) is 28.8 Å². The number of ether oxygens (including phenoxy) is 1. The fraction of sp³-hybridized carbons (Fsp3) is 0.375. The monoisotopic (exact) mass is 679 g/mol. The van der Waals surface area contributed by atoms with E-state index in [2.05, 4.69) is 5.32 Å². The second-order valence-electron chi connectivity index (χ2n) is 11.0. The van der Waals surface area contributed by atoms with Crippen LogP contribution in [-0.2, 0) is 26.2 Å². The molecule has 238 valence electrons. The van der Waals surface area contributed by atoms with Crippen LogP contribution in [-0.4, -0.2) is 56.1 Å². The molecule has 0 saturated carbocycles. The number of hydrogen-bond acceptors (Lipinski definition) is 6. The van der Waals surface area contributed by atoms with Gasteiger partial charge in [0.15, 0.2) is 0 Å². The molecule has 0 bridgehead atoms. The predicted octanol–water partition coefficient (Wildman–Crippen LogP) is 7.03. The Bertz CT molecular complexity index is 1560. The topological polar surface area (TPSA) is 96.0 Å². The normalized spacial score (nSPS) is 12.4. The van der Waals surface area contributed by atoms with Gasteiger partial charge in [-0.25, -0.2) is 8.42 Å². The van der Waals surface area contributed by atoms with Crippen LogP contribution in [0.4, 0.5) is 5.69 Å². The Morgan fingerprint density at radius 1 is 0.977 bits per heavy atom. The molecule has 0 aliphatic rings. The van der Waals surface area contributed by atoms with Crippen molar-refractivity contribution in [3.63, 3.8) is 0 Å². The summed E-state index contributed by atoms with van der Waals surface area (Å²) in [6.45, 7) is 8.84.